The third-order valence-corrected chi connectivity index (χ3v) is 4.86. The average Bonchev–Trinajstić information content (AvgIpc) is 3.03. The van der Waals surface area contributed by atoms with Gasteiger partial charge in [-0.2, -0.15) is 0 Å². The van der Waals surface area contributed by atoms with E-state index in [4.69, 9.17) is 4.74 Å². The van der Waals surface area contributed by atoms with E-state index in [0.717, 1.165) is 16.5 Å². The predicted molar refractivity (Wildman–Crippen MR) is 90.4 cm³/mol. The zero-order valence-electron chi connectivity index (χ0n) is 12.7. The van der Waals surface area contributed by atoms with Crippen molar-refractivity contribution in [1.82, 2.24) is 9.88 Å². The Balaban J connectivity index is 1.74. The van der Waals surface area contributed by atoms with Crippen LogP contribution in [0.3, 0.4) is 0 Å². The summed E-state index contributed by atoms with van der Waals surface area (Å²) in [6.45, 7) is 2.92. The summed E-state index contributed by atoms with van der Waals surface area (Å²) >= 11 is 1.66. The van der Waals surface area contributed by atoms with E-state index >= 15 is 0 Å². The number of hydrogen-bond acceptors (Lipinski definition) is 4. The van der Waals surface area contributed by atoms with Gasteiger partial charge in [0.05, 0.1) is 18.6 Å². The number of para-hydroxylation sites is 1. The lowest BCUT2D eigenvalue weighted by atomic mass is 10.1. The number of fused-ring (bicyclic) bond motifs is 2. The molecule has 4 rings (SSSR count). The van der Waals surface area contributed by atoms with Gasteiger partial charge in [0.25, 0.3) is 5.91 Å². The molecule has 1 aromatic carbocycles. The van der Waals surface area contributed by atoms with Gasteiger partial charge in [-0.25, -0.2) is 4.98 Å². The van der Waals surface area contributed by atoms with Crippen molar-refractivity contribution in [2.45, 2.75) is 26.1 Å². The van der Waals surface area contributed by atoms with Crippen LogP contribution in [0.4, 0.5) is 0 Å². The molecule has 0 bridgehead atoms. The Morgan fingerprint density at radius 2 is 2.17 bits per heavy atom. The van der Waals surface area contributed by atoms with Gasteiger partial charge in [-0.05, 0) is 30.5 Å². The molecule has 0 radical (unpaired) electrons. The summed E-state index contributed by atoms with van der Waals surface area (Å²) in [7, 11) is 0. The second kappa shape index (κ2) is 5.66. The molecule has 23 heavy (non-hydrogen) atoms. The van der Waals surface area contributed by atoms with E-state index in [-0.39, 0.29) is 5.91 Å². The van der Waals surface area contributed by atoms with Crippen molar-refractivity contribution in [1.29, 1.82) is 0 Å². The third kappa shape index (κ3) is 2.68. The zero-order valence-corrected chi connectivity index (χ0v) is 13.5. The van der Waals surface area contributed by atoms with E-state index in [1.807, 2.05) is 46.7 Å². The number of nitrogens with zero attached hydrogens (tertiary/aromatic N) is 2. The van der Waals surface area contributed by atoms with Crippen molar-refractivity contribution in [3.63, 3.8) is 0 Å². The van der Waals surface area contributed by atoms with Crippen molar-refractivity contribution in [2.75, 3.05) is 0 Å². The van der Waals surface area contributed by atoms with Crippen LogP contribution in [0.1, 0.15) is 17.4 Å². The molecular formula is C18H16N2O2S. The Morgan fingerprint density at radius 3 is 3.00 bits per heavy atom. The molecule has 0 aliphatic carbocycles. The third-order valence-electron chi connectivity index (χ3n) is 4.00. The summed E-state index contributed by atoms with van der Waals surface area (Å²) in [6, 6.07) is 14.1. The molecule has 116 valence electrons. The van der Waals surface area contributed by atoms with E-state index in [1.165, 1.54) is 4.88 Å². The maximum Gasteiger partial charge on any atom is 0.264 e. The molecule has 0 fully saturated rings. The van der Waals surface area contributed by atoms with Gasteiger partial charge in [-0.15, -0.1) is 11.3 Å². The number of aromatic nitrogens is 1. The number of ether oxygens (including phenoxy) is 1. The van der Waals surface area contributed by atoms with Gasteiger partial charge < -0.3 is 9.64 Å². The second-order valence-electron chi connectivity index (χ2n) is 5.68. The monoisotopic (exact) mass is 324 g/mol. The smallest absolute Gasteiger partial charge is 0.264 e. The van der Waals surface area contributed by atoms with Crippen LogP contribution in [0.5, 0.6) is 5.88 Å². The van der Waals surface area contributed by atoms with Gasteiger partial charge in [-0.1, -0.05) is 24.3 Å². The fourth-order valence-electron chi connectivity index (χ4n) is 2.84. The van der Waals surface area contributed by atoms with Gasteiger partial charge in [0.15, 0.2) is 6.10 Å². The quantitative estimate of drug-likeness (QED) is 0.723. The molecule has 4 nitrogen and oxygen atoms in total. The summed E-state index contributed by atoms with van der Waals surface area (Å²) in [5.41, 5.74) is 1.84. The molecule has 0 saturated heterocycles. The predicted octanol–water partition coefficient (Wildman–Crippen LogP) is 3.61. The van der Waals surface area contributed by atoms with Gasteiger partial charge in [0.1, 0.15) is 0 Å². The van der Waals surface area contributed by atoms with Crippen LogP contribution in [0.2, 0.25) is 0 Å². The van der Waals surface area contributed by atoms with Crippen LogP contribution >= 0.6 is 11.3 Å². The number of carbonyl (C=O) groups excluding carboxylic acids is 1. The number of amides is 1. The largest absolute Gasteiger partial charge is 0.464 e. The van der Waals surface area contributed by atoms with Crippen LogP contribution in [-0.2, 0) is 17.9 Å². The van der Waals surface area contributed by atoms with Gasteiger partial charge in [-0.3, -0.25) is 4.79 Å². The Bertz CT molecular complexity index is 861. The highest BCUT2D eigenvalue weighted by molar-refractivity contribution is 7.09. The number of carbonyl (C=O) groups is 1. The first kappa shape index (κ1) is 14.2. The van der Waals surface area contributed by atoms with E-state index in [2.05, 4.69) is 11.1 Å². The number of benzene rings is 1. The first-order valence-electron chi connectivity index (χ1n) is 7.57. The molecule has 3 heterocycles. The first-order valence-corrected chi connectivity index (χ1v) is 8.45. The standard InChI is InChI=1S/C18H16N2O2S/c1-12-18(21)20(11-15-6-4-8-23-15)10-14-9-13-5-2-3-7-16(13)19-17(14)22-12/h2-9,12H,10-11H2,1H3. The van der Waals surface area contributed by atoms with Crippen LogP contribution in [0.15, 0.2) is 47.8 Å². The summed E-state index contributed by atoms with van der Waals surface area (Å²) < 4.78 is 5.83. The number of rotatable bonds is 2. The maximum atomic E-state index is 12.6. The van der Waals surface area contributed by atoms with Crippen molar-refractivity contribution >= 4 is 28.1 Å². The van der Waals surface area contributed by atoms with Crippen LogP contribution in [0.25, 0.3) is 10.9 Å². The lowest BCUT2D eigenvalue weighted by Gasteiger charge is -2.21. The Morgan fingerprint density at radius 1 is 1.30 bits per heavy atom. The van der Waals surface area contributed by atoms with E-state index < -0.39 is 6.10 Å². The van der Waals surface area contributed by atoms with E-state index in [9.17, 15) is 4.79 Å². The van der Waals surface area contributed by atoms with E-state index in [0.29, 0.717) is 19.0 Å². The lowest BCUT2D eigenvalue weighted by Crippen LogP contribution is -2.37. The van der Waals surface area contributed by atoms with Crippen LogP contribution in [0, 0.1) is 0 Å². The van der Waals surface area contributed by atoms with E-state index in [1.54, 1.807) is 18.3 Å². The normalized spacial score (nSPS) is 17.7. The molecule has 1 amide bonds. The maximum absolute atomic E-state index is 12.6. The summed E-state index contributed by atoms with van der Waals surface area (Å²) in [4.78, 5) is 20.2. The molecule has 5 heteroatoms. The number of pyridine rings is 1. The van der Waals surface area contributed by atoms with Crippen LogP contribution in [-0.4, -0.2) is 21.9 Å². The minimum Gasteiger partial charge on any atom is -0.464 e. The fourth-order valence-corrected chi connectivity index (χ4v) is 3.56. The summed E-state index contributed by atoms with van der Waals surface area (Å²) in [5.74, 6) is 0.568. The lowest BCUT2D eigenvalue weighted by molar-refractivity contribution is -0.138. The van der Waals surface area contributed by atoms with Gasteiger partial charge in [0, 0.05) is 15.8 Å². The molecule has 1 atom stereocenters. The molecule has 1 unspecified atom stereocenters. The van der Waals surface area contributed by atoms with Gasteiger partial charge in [0.2, 0.25) is 5.88 Å². The van der Waals surface area contributed by atoms with Crippen LogP contribution < -0.4 is 4.74 Å². The Kier molecular flexibility index (Phi) is 3.50. The zero-order chi connectivity index (χ0) is 15.8. The second-order valence-corrected chi connectivity index (χ2v) is 6.71. The first-order chi connectivity index (χ1) is 11.2. The fraction of sp³-hybridized carbons (Fsp3) is 0.222. The molecule has 2 aromatic heterocycles. The van der Waals surface area contributed by atoms with Crippen molar-refractivity contribution in [3.8, 4) is 5.88 Å². The Labute approximate surface area is 138 Å². The average molecular weight is 324 g/mol. The molecule has 1 aliphatic heterocycles. The SMILES string of the molecule is CC1Oc2nc3ccccc3cc2CN(Cc2cccs2)C1=O. The molecule has 0 spiro atoms. The topological polar surface area (TPSA) is 42.4 Å². The van der Waals surface area contributed by atoms with Crippen molar-refractivity contribution in [3.05, 3.63) is 58.3 Å². The summed E-state index contributed by atoms with van der Waals surface area (Å²) in [6.07, 6.45) is -0.523. The molecule has 0 N–H and O–H groups in total. The molecule has 3 aromatic rings. The minimum absolute atomic E-state index is 0.000422. The summed E-state index contributed by atoms with van der Waals surface area (Å²) in [5, 5.41) is 3.09. The van der Waals surface area contributed by atoms with Crippen molar-refractivity contribution < 1.29 is 9.53 Å². The number of thiophene rings is 1. The highest BCUT2D eigenvalue weighted by Crippen LogP contribution is 2.28. The van der Waals surface area contributed by atoms with Crippen molar-refractivity contribution in [2.24, 2.45) is 0 Å². The molecular weight excluding hydrogens is 308 g/mol. The molecule has 1 aliphatic rings. The Hall–Kier alpha value is -2.40. The minimum atomic E-state index is -0.523. The number of hydrogen-bond donors (Lipinski definition) is 0. The van der Waals surface area contributed by atoms with Gasteiger partial charge >= 0.3 is 0 Å². The highest BCUT2D eigenvalue weighted by Gasteiger charge is 2.29. The highest BCUT2D eigenvalue weighted by atomic mass is 32.1. The molecule has 0 saturated carbocycles.